The SMILES string of the molecule is CCCn1cc(Br)cc1C(=O)NC(CC)CC. The molecule has 17 heavy (non-hydrogen) atoms. The molecule has 0 saturated carbocycles. The van der Waals surface area contributed by atoms with Gasteiger partial charge < -0.3 is 9.88 Å². The summed E-state index contributed by atoms with van der Waals surface area (Å²) in [7, 11) is 0. The molecule has 0 aliphatic rings. The molecule has 0 spiro atoms. The molecule has 0 aliphatic heterocycles. The molecule has 0 radical (unpaired) electrons. The third kappa shape index (κ3) is 3.87. The predicted molar refractivity (Wildman–Crippen MR) is 74.3 cm³/mol. The second-order valence-corrected chi connectivity index (χ2v) is 5.14. The molecule has 1 amide bonds. The van der Waals surface area contributed by atoms with Gasteiger partial charge >= 0.3 is 0 Å². The highest BCUT2D eigenvalue weighted by Gasteiger charge is 2.15. The van der Waals surface area contributed by atoms with Gasteiger partial charge in [-0.25, -0.2) is 0 Å². The molecule has 1 N–H and O–H groups in total. The molecule has 1 aromatic heterocycles. The number of nitrogens with one attached hydrogen (secondary N) is 1. The summed E-state index contributed by atoms with van der Waals surface area (Å²) in [6.07, 6.45) is 4.92. The first kappa shape index (κ1) is 14.3. The highest BCUT2D eigenvalue weighted by atomic mass is 79.9. The molecule has 0 atom stereocenters. The summed E-state index contributed by atoms with van der Waals surface area (Å²) in [5.41, 5.74) is 0.741. The number of halogens is 1. The monoisotopic (exact) mass is 300 g/mol. The number of rotatable bonds is 6. The van der Waals surface area contributed by atoms with Gasteiger partial charge in [-0.1, -0.05) is 20.8 Å². The molecule has 3 nitrogen and oxygen atoms in total. The van der Waals surface area contributed by atoms with E-state index in [0.29, 0.717) is 0 Å². The lowest BCUT2D eigenvalue weighted by atomic mass is 10.1. The quantitative estimate of drug-likeness (QED) is 0.856. The van der Waals surface area contributed by atoms with Crippen molar-refractivity contribution in [3.63, 3.8) is 0 Å². The van der Waals surface area contributed by atoms with Gasteiger partial charge in [0, 0.05) is 23.3 Å². The Morgan fingerprint density at radius 3 is 2.59 bits per heavy atom. The van der Waals surface area contributed by atoms with Crippen molar-refractivity contribution in [3.05, 3.63) is 22.4 Å². The maximum atomic E-state index is 12.1. The van der Waals surface area contributed by atoms with Gasteiger partial charge in [-0.3, -0.25) is 4.79 Å². The molecule has 0 saturated heterocycles. The van der Waals surface area contributed by atoms with Crippen LogP contribution >= 0.6 is 15.9 Å². The Bertz CT molecular complexity index is 369. The smallest absolute Gasteiger partial charge is 0.268 e. The van der Waals surface area contributed by atoms with Crippen LogP contribution in [-0.2, 0) is 6.54 Å². The molecule has 96 valence electrons. The minimum absolute atomic E-state index is 0.0258. The van der Waals surface area contributed by atoms with Gasteiger partial charge in [0.25, 0.3) is 5.91 Å². The van der Waals surface area contributed by atoms with Gasteiger partial charge in [-0.2, -0.15) is 0 Å². The molecule has 0 aromatic carbocycles. The fourth-order valence-corrected chi connectivity index (χ4v) is 2.31. The molecule has 0 unspecified atom stereocenters. The number of aryl methyl sites for hydroxylation is 1. The predicted octanol–water partition coefficient (Wildman–Crippen LogP) is 3.58. The lowest BCUT2D eigenvalue weighted by Gasteiger charge is -2.15. The summed E-state index contributed by atoms with van der Waals surface area (Å²) >= 11 is 3.42. The normalized spacial score (nSPS) is 10.9. The first-order valence-electron chi connectivity index (χ1n) is 6.28. The van der Waals surface area contributed by atoms with Crippen LogP contribution in [-0.4, -0.2) is 16.5 Å². The van der Waals surface area contributed by atoms with Crippen molar-refractivity contribution in [2.24, 2.45) is 0 Å². The Kier molecular flexibility index (Phi) is 5.75. The number of aromatic nitrogens is 1. The maximum absolute atomic E-state index is 12.1. The van der Waals surface area contributed by atoms with Crippen LogP contribution in [0.3, 0.4) is 0 Å². The second-order valence-electron chi connectivity index (χ2n) is 4.22. The van der Waals surface area contributed by atoms with Crippen LogP contribution in [0.2, 0.25) is 0 Å². The van der Waals surface area contributed by atoms with Crippen LogP contribution in [0.15, 0.2) is 16.7 Å². The Hall–Kier alpha value is -0.770. The average molecular weight is 301 g/mol. The Labute approximate surface area is 112 Å². The van der Waals surface area contributed by atoms with Crippen molar-refractivity contribution >= 4 is 21.8 Å². The van der Waals surface area contributed by atoms with Gasteiger partial charge in [0.05, 0.1) is 0 Å². The third-order valence-corrected chi connectivity index (χ3v) is 3.31. The zero-order chi connectivity index (χ0) is 12.8. The minimum Gasteiger partial charge on any atom is -0.348 e. The maximum Gasteiger partial charge on any atom is 0.268 e. The van der Waals surface area contributed by atoms with Crippen LogP contribution in [0, 0.1) is 0 Å². The van der Waals surface area contributed by atoms with Crippen molar-refractivity contribution in [1.29, 1.82) is 0 Å². The Morgan fingerprint density at radius 2 is 2.06 bits per heavy atom. The van der Waals surface area contributed by atoms with Crippen molar-refractivity contribution in [2.75, 3.05) is 0 Å². The molecule has 0 aliphatic carbocycles. The van der Waals surface area contributed by atoms with Crippen LogP contribution in [0.5, 0.6) is 0 Å². The number of amides is 1. The summed E-state index contributed by atoms with van der Waals surface area (Å²) in [4.78, 5) is 12.1. The molecule has 4 heteroatoms. The molecule has 0 bridgehead atoms. The van der Waals surface area contributed by atoms with E-state index in [4.69, 9.17) is 0 Å². The van der Waals surface area contributed by atoms with Gasteiger partial charge in [0.1, 0.15) is 5.69 Å². The minimum atomic E-state index is 0.0258. The zero-order valence-corrected chi connectivity index (χ0v) is 12.4. The van der Waals surface area contributed by atoms with E-state index in [1.165, 1.54) is 0 Å². The summed E-state index contributed by atoms with van der Waals surface area (Å²) < 4.78 is 2.96. The van der Waals surface area contributed by atoms with E-state index in [1.807, 2.05) is 16.8 Å². The summed E-state index contributed by atoms with van der Waals surface area (Å²) in [6, 6.07) is 2.15. The van der Waals surface area contributed by atoms with Crippen LogP contribution in [0.4, 0.5) is 0 Å². The second kappa shape index (κ2) is 6.84. The van der Waals surface area contributed by atoms with E-state index in [9.17, 15) is 4.79 Å². The Morgan fingerprint density at radius 1 is 1.41 bits per heavy atom. The zero-order valence-electron chi connectivity index (χ0n) is 10.8. The van der Waals surface area contributed by atoms with E-state index in [2.05, 4.69) is 42.0 Å². The number of carbonyl (C=O) groups excluding carboxylic acids is 1. The molecule has 0 fully saturated rings. The first-order chi connectivity index (χ1) is 8.12. The topological polar surface area (TPSA) is 34.0 Å². The lowest BCUT2D eigenvalue weighted by Crippen LogP contribution is -2.35. The van der Waals surface area contributed by atoms with E-state index >= 15 is 0 Å². The first-order valence-corrected chi connectivity index (χ1v) is 7.08. The van der Waals surface area contributed by atoms with E-state index in [1.54, 1.807) is 0 Å². The van der Waals surface area contributed by atoms with Gasteiger partial charge in [0.15, 0.2) is 0 Å². The van der Waals surface area contributed by atoms with Crippen molar-refractivity contribution in [3.8, 4) is 0 Å². The fraction of sp³-hybridized carbons (Fsp3) is 0.615. The third-order valence-electron chi connectivity index (χ3n) is 2.88. The van der Waals surface area contributed by atoms with Crippen LogP contribution in [0.1, 0.15) is 50.5 Å². The van der Waals surface area contributed by atoms with Crippen molar-refractivity contribution in [2.45, 2.75) is 52.6 Å². The average Bonchev–Trinajstić information content (AvgIpc) is 2.67. The van der Waals surface area contributed by atoms with E-state index in [-0.39, 0.29) is 11.9 Å². The largest absolute Gasteiger partial charge is 0.348 e. The standard InChI is InChI=1S/C13H21BrN2O/c1-4-7-16-9-10(14)8-12(16)13(17)15-11(5-2)6-3/h8-9,11H,4-7H2,1-3H3,(H,15,17). The number of hydrogen-bond acceptors (Lipinski definition) is 1. The van der Waals surface area contributed by atoms with Crippen LogP contribution < -0.4 is 5.32 Å². The van der Waals surface area contributed by atoms with E-state index in [0.717, 1.165) is 36.0 Å². The van der Waals surface area contributed by atoms with Gasteiger partial charge in [0.2, 0.25) is 0 Å². The lowest BCUT2D eigenvalue weighted by molar-refractivity contribution is 0.0925. The summed E-state index contributed by atoms with van der Waals surface area (Å²) in [6.45, 7) is 7.17. The van der Waals surface area contributed by atoms with Crippen LogP contribution in [0.25, 0.3) is 0 Å². The van der Waals surface area contributed by atoms with Crippen molar-refractivity contribution in [1.82, 2.24) is 9.88 Å². The Balaban J connectivity index is 2.80. The van der Waals surface area contributed by atoms with Gasteiger partial charge in [-0.15, -0.1) is 0 Å². The highest BCUT2D eigenvalue weighted by molar-refractivity contribution is 9.10. The molecule has 1 heterocycles. The van der Waals surface area contributed by atoms with E-state index < -0.39 is 0 Å². The molecular weight excluding hydrogens is 280 g/mol. The number of hydrogen-bond donors (Lipinski definition) is 1. The molecule has 1 aromatic rings. The van der Waals surface area contributed by atoms with Crippen molar-refractivity contribution < 1.29 is 4.79 Å². The number of nitrogens with zero attached hydrogens (tertiary/aromatic N) is 1. The summed E-state index contributed by atoms with van der Waals surface area (Å²) in [5, 5.41) is 3.06. The molecule has 1 rings (SSSR count). The number of carbonyl (C=O) groups is 1. The fourth-order valence-electron chi connectivity index (χ4n) is 1.84. The highest BCUT2D eigenvalue weighted by Crippen LogP contribution is 2.16. The molecular formula is C13H21BrN2O. The van der Waals surface area contributed by atoms with Gasteiger partial charge in [-0.05, 0) is 41.3 Å². The summed E-state index contributed by atoms with van der Waals surface area (Å²) in [5.74, 6) is 0.0258.